The zero-order chi connectivity index (χ0) is 15.8. The van der Waals surface area contributed by atoms with Crippen LogP contribution in [0.4, 0.5) is 5.69 Å². The molecule has 22 heavy (non-hydrogen) atoms. The molecule has 4 N–H and O–H groups in total. The number of nitrogens with two attached hydrogens (primary N) is 1. The van der Waals surface area contributed by atoms with Gasteiger partial charge in [-0.1, -0.05) is 12.1 Å². The molecule has 2 aromatic rings. The molecule has 0 saturated heterocycles. The van der Waals surface area contributed by atoms with Gasteiger partial charge < -0.3 is 20.4 Å². The lowest BCUT2D eigenvalue weighted by Crippen LogP contribution is -2.85. The Labute approximate surface area is 128 Å². The SMILES string of the molecule is Cc1cccc(NC(=O)CNC(=O)C[NH2+]Cc2ccco2)c1. The number of nitrogens with one attached hydrogen (secondary N) is 2. The van der Waals surface area contributed by atoms with Gasteiger partial charge in [-0.3, -0.25) is 9.59 Å². The van der Waals surface area contributed by atoms with Gasteiger partial charge in [-0.25, -0.2) is 0 Å². The molecule has 0 bridgehead atoms. The summed E-state index contributed by atoms with van der Waals surface area (Å²) in [4.78, 5) is 23.4. The summed E-state index contributed by atoms with van der Waals surface area (Å²) in [6, 6.07) is 11.2. The van der Waals surface area contributed by atoms with E-state index in [1.165, 1.54) is 0 Å². The van der Waals surface area contributed by atoms with Crippen LogP contribution in [0.3, 0.4) is 0 Å². The Balaban J connectivity index is 1.64. The standard InChI is InChI=1S/C16H19N3O3/c1-12-4-2-5-13(8-12)19-16(21)11-18-15(20)10-17-9-14-6-3-7-22-14/h2-8,17H,9-11H2,1H3,(H,18,20)(H,19,21)/p+1. The van der Waals surface area contributed by atoms with Gasteiger partial charge >= 0.3 is 0 Å². The summed E-state index contributed by atoms with van der Waals surface area (Å²) in [6.07, 6.45) is 1.60. The van der Waals surface area contributed by atoms with Gasteiger partial charge in [-0.2, -0.15) is 0 Å². The van der Waals surface area contributed by atoms with E-state index in [9.17, 15) is 9.59 Å². The van der Waals surface area contributed by atoms with Crippen molar-refractivity contribution in [3.63, 3.8) is 0 Å². The number of rotatable bonds is 7. The van der Waals surface area contributed by atoms with Crippen LogP contribution in [0.25, 0.3) is 0 Å². The fraction of sp³-hybridized carbons (Fsp3) is 0.250. The van der Waals surface area contributed by atoms with Gasteiger partial charge in [0.1, 0.15) is 6.54 Å². The number of hydrogen-bond acceptors (Lipinski definition) is 3. The zero-order valence-electron chi connectivity index (χ0n) is 12.5. The van der Waals surface area contributed by atoms with Gasteiger partial charge in [-0.15, -0.1) is 0 Å². The number of quaternary nitrogens is 1. The third-order valence-corrected chi connectivity index (χ3v) is 3.00. The summed E-state index contributed by atoms with van der Waals surface area (Å²) in [5.41, 5.74) is 1.79. The minimum atomic E-state index is -0.245. The molecule has 0 radical (unpaired) electrons. The molecular weight excluding hydrogens is 282 g/mol. The molecule has 116 valence electrons. The van der Waals surface area contributed by atoms with E-state index in [0.29, 0.717) is 6.54 Å². The average molecular weight is 302 g/mol. The first-order valence-corrected chi connectivity index (χ1v) is 7.11. The maximum atomic E-state index is 11.7. The minimum absolute atomic E-state index is 0.0403. The molecule has 1 aromatic carbocycles. The lowest BCUT2D eigenvalue weighted by molar-refractivity contribution is -0.661. The molecule has 0 saturated carbocycles. The number of amides is 2. The number of aryl methyl sites for hydroxylation is 1. The molecule has 0 aliphatic carbocycles. The number of furan rings is 1. The van der Waals surface area contributed by atoms with Gasteiger partial charge in [0.05, 0.1) is 12.8 Å². The monoisotopic (exact) mass is 302 g/mol. The van der Waals surface area contributed by atoms with E-state index < -0.39 is 0 Å². The molecule has 0 spiro atoms. The highest BCUT2D eigenvalue weighted by molar-refractivity contribution is 5.94. The highest BCUT2D eigenvalue weighted by atomic mass is 16.3. The molecule has 1 heterocycles. The maximum Gasteiger partial charge on any atom is 0.275 e. The van der Waals surface area contributed by atoms with Crippen LogP contribution in [0, 0.1) is 6.92 Å². The van der Waals surface area contributed by atoms with E-state index in [-0.39, 0.29) is 24.9 Å². The summed E-state index contributed by atoms with van der Waals surface area (Å²) in [6.45, 7) is 2.75. The van der Waals surface area contributed by atoms with E-state index in [0.717, 1.165) is 17.0 Å². The number of anilines is 1. The predicted octanol–water partition coefficient (Wildman–Crippen LogP) is 0.406. The Kier molecular flexibility index (Phi) is 5.73. The van der Waals surface area contributed by atoms with Crippen LogP contribution in [0.5, 0.6) is 0 Å². The lowest BCUT2D eigenvalue weighted by atomic mass is 10.2. The first-order chi connectivity index (χ1) is 10.6. The smallest absolute Gasteiger partial charge is 0.275 e. The molecular formula is C16H20N3O3+. The van der Waals surface area contributed by atoms with Crippen LogP contribution < -0.4 is 16.0 Å². The Hall–Kier alpha value is -2.60. The fourth-order valence-electron chi connectivity index (χ4n) is 1.95. The van der Waals surface area contributed by atoms with Crippen LogP contribution in [0.15, 0.2) is 47.1 Å². The van der Waals surface area contributed by atoms with Crippen molar-refractivity contribution in [3.8, 4) is 0 Å². The first kappa shape index (κ1) is 15.8. The molecule has 2 amide bonds. The van der Waals surface area contributed by atoms with E-state index in [1.54, 1.807) is 12.3 Å². The number of hydrogen-bond donors (Lipinski definition) is 3. The molecule has 0 aliphatic rings. The van der Waals surface area contributed by atoms with Crippen LogP contribution >= 0.6 is 0 Å². The average Bonchev–Trinajstić information content (AvgIpc) is 2.98. The number of carbonyl (C=O) groups excluding carboxylic acids is 2. The number of carbonyl (C=O) groups is 2. The van der Waals surface area contributed by atoms with Gasteiger partial charge in [0.25, 0.3) is 5.91 Å². The van der Waals surface area contributed by atoms with Gasteiger partial charge in [0.2, 0.25) is 5.91 Å². The predicted molar refractivity (Wildman–Crippen MR) is 82.0 cm³/mol. The summed E-state index contributed by atoms with van der Waals surface area (Å²) in [5.74, 6) is 0.376. The van der Waals surface area contributed by atoms with Crippen molar-refractivity contribution in [2.45, 2.75) is 13.5 Å². The summed E-state index contributed by atoms with van der Waals surface area (Å²) < 4.78 is 5.16. The van der Waals surface area contributed by atoms with Crippen molar-refractivity contribution in [1.29, 1.82) is 0 Å². The summed E-state index contributed by atoms with van der Waals surface area (Å²) >= 11 is 0. The third kappa shape index (κ3) is 5.41. The van der Waals surface area contributed by atoms with Crippen molar-refractivity contribution in [1.82, 2.24) is 5.32 Å². The second-order valence-corrected chi connectivity index (χ2v) is 4.97. The highest BCUT2D eigenvalue weighted by Crippen LogP contribution is 2.08. The summed E-state index contributed by atoms with van der Waals surface area (Å²) in [7, 11) is 0. The van der Waals surface area contributed by atoms with Crippen LogP contribution in [0.1, 0.15) is 11.3 Å². The van der Waals surface area contributed by atoms with E-state index in [2.05, 4.69) is 10.6 Å². The molecule has 2 rings (SSSR count). The van der Waals surface area contributed by atoms with E-state index in [4.69, 9.17) is 4.42 Å². The molecule has 0 fully saturated rings. The molecule has 0 atom stereocenters. The highest BCUT2D eigenvalue weighted by Gasteiger charge is 2.08. The van der Waals surface area contributed by atoms with Crippen LogP contribution in [-0.4, -0.2) is 24.9 Å². The molecule has 6 heteroatoms. The van der Waals surface area contributed by atoms with Crippen molar-refractivity contribution < 1.29 is 19.3 Å². The molecule has 0 aliphatic heterocycles. The second kappa shape index (κ2) is 7.99. The zero-order valence-corrected chi connectivity index (χ0v) is 12.5. The molecule has 0 unspecified atom stereocenters. The van der Waals surface area contributed by atoms with Crippen molar-refractivity contribution in [2.75, 3.05) is 18.4 Å². The first-order valence-electron chi connectivity index (χ1n) is 7.11. The largest absolute Gasteiger partial charge is 0.463 e. The van der Waals surface area contributed by atoms with Crippen molar-refractivity contribution >= 4 is 17.5 Å². The topological polar surface area (TPSA) is 88.0 Å². The Morgan fingerprint density at radius 2 is 2.05 bits per heavy atom. The van der Waals surface area contributed by atoms with Gasteiger partial charge in [-0.05, 0) is 36.8 Å². The van der Waals surface area contributed by atoms with Crippen LogP contribution in [0.2, 0.25) is 0 Å². The van der Waals surface area contributed by atoms with Crippen molar-refractivity contribution in [2.24, 2.45) is 0 Å². The summed E-state index contributed by atoms with van der Waals surface area (Å²) in [5, 5.41) is 7.13. The normalized spacial score (nSPS) is 10.2. The molecule has 6 nitrogen and oxygen atoms in total. The second-order valence-electron chi connectivity index (χ2n) is 4.97. The van der Waals surface area contributed by atoms with E-state index >= 15 is 0 Å². The third-order valence-electron chi connectivity index (χ3n) is 3.00. The van der Waals surface area contributed by atoms with Crippen molar-refractivity contribution in [3.05, 3.63) is 54.0 Å². The fourth-order valence-corrected chi connectivity index (χ4v) is 1.95. The maximum absolute atomic E-state index is 11.7. The quantitative estimate of drug-likeness (QED) is 0.692. The van der Waals surface area contributed by atoms with Crippen LogP contribution in [-0.2, 0) is 16.1 Å². The lowest BCUT2D eigenvalue weighted by Gasteiger charge is -2.07. The molecule has 1 aromatic heterocycles. The Bertz CT molecular complexity index is 623. The Morgan fingerprint density at radius 1 is 1.18 bits per heavy atom. The van der Waals surface area contributed by atoms with Gasteiger partial charge in [0.15, 0.2) is 12.3 Å². The van der Waals surface area contributed by atoms with E-state index in [1.807, 2.05) is 42.6 Å². The Morgan fingerprint density at radius 3 is 2.77 bits per heavy atom. The minimum Gasteiger partial charge on any atom is -0.463 e. The van der Waals surface area contributed by atoms with Gasteiger partial charge in [0, 0.05) is 5.69 Å². The number of benzene rings is 1.